The maximum Gasteiger partial charge on any atom is 0.335 e. The van der Waals surface area contributed by atoms with Gasteiger partial charge in [-0.05, 0) is 36.4 Å². The molecule has 2 aromatic heterocycles. The van der Waals surface area contributed by atoms with E-state index in [4.69, 9.17) is 4.74 Å². The third kappa shape index (κ3) is 3.76. The monoisotopic (exact) mass is 421 g/mol. The van der Waals surface area contributed by atoms with Crippen LogP contribution in [0, 0.1) is 0 Å². The number of rotatable bonds is 5. The minimum absolute atomic E-state index is 0.167. The van der Waals surface area contributed by atoms with Gasteiger partial charge >= 0.3 is 5.69 Å². The summed E-state index contributed by atoms with van der Waals surface area (Å²) in [6.45, 7) is 0. The Labute approximate surface area is 173 Å². The molecular formula is C20H15N5O4S. The SMILES string of the molecule is COc1ccc(-c2nnc(/N=C/c3c(O)n(-c4ccccc4)c(=O)[nH]c3=O)s2)cc1. The van der Waals surface area contributed by atoms with Gasteiger partial charge in [0.05, 0.1) is 12.8 Å². The number of aromatic amines is 1. The van der Waals surface area contributed by atoms with Crippen molar-refractivity contribution < 1.29 is 9.84 Å². The van der Waals surface area contributed by atoms with E-state index in [1.807, 2.05) is 24.3 Å². The molecule has 0 aliphatic heterocycles. The summed E-state index contributed by atoms with van der Waals surface area (Å²) in [5.74, 6) is 0.211. The van der Waals surface area contributed by atoms with Gasteiger partial charge in [-0.2, -0.15) is 0 Å². The number of hydrogen-bond acceptors (Lipinski definition) is 8. The van der Waals surface area contributed by atoms with E-state index in [1.54, 1.807) is 37.4 Å². The van der Waals surface area contributed by atoms with Gasteiger partial charge in [-0.3, -0.25) is 9.78 Å². The Morgan fingerprint density at radius 2 is 1.83 bits per heavy atom. The molecule has 0 amide bonds. The molecule has 0 spiro atoms. The highest BCUT2D eigenvalue weighted by atomic mass is 32.1. The molecular weight excluding hydrogens is 406 g/mol. The smallest absolute Gasteiger partial charge is 0.335 e. The maximum absolute atomic E-state index is 12.2. The molecule has 0 aliphatic carbocycles. The summed E-state index contributed by atoms with van der Waals surface area (Å²) in [6, 6.07) is 15.8. The number of nitrogens with one attached hydrogen (secondary N) is 1. The number of aromatic nitrogens is 4. The Bertz CT molecular complexity index is 1320. The molecule has 4 rings (SSSR count). The van der Waals surface area contributed by atoms with Crippen LogP contribution in [0.3, 0.4) is 0 Å². The van der Waals surface area contributed by atoms with Crippen molar-refractivity contribution in [3.05, 3.63) is 81.0 Å². The Kier molecular flexibility index (Phi) is 5.22. The van der Waals surface area contributed by atoms with Crippen molar-refractivity contribution in [3.63, 3.8) is 0 Å². The van der Waals surface area contributed by atoms with Gasteiger partial charge in [0.1, 0.15) is 16.3 Å². The first kappa shape index (κ1) is 19.3. The molecule has 0 fully saturated rings. The molecule has 0 saturated heterocycles. The molecule has 2 heterocycles. The highest BCUT2D eigenvalue weighted by molar-refractivity contribution is 7.18. The standard InChI is InChI=1S/C20H15N5O4S/c1-29-14-9-7-12(8-10-14)17-23-24-19(30-17)21-11-15-16(26)22-20(28)25(18(15)27)13-5-3-2-4-6-13/h2-11,27H,1H3,(H,22,26,28)/b21-11+. The van der Waals surface area contributed by atoms with Gasteiger partial charge in [-0.25, -0.2) is 14.4 Å². The van der Waals surface area contributed by atoms with Gasteiger partial charge in [0.15, 0.2) is 0 Å². The van der Waals surface area contributed by atoms with E-state index >= 15 is 0 Å². The molecule has 0 unspecified atom stereocenters. The molecule has 4 aromatic rings. The van der Waals surface area contributed by atoms with E-state index in [0.717, 1.165) is 22.1 Å². The summed E-state index contributed by atoms with van der Waals surface area (Å²) in [5.41, 5.74) is -0.428. The summed E-state index contributed by atoms with van der Waals surface area (Å²) in [5, 5.41) is 19.5. The largest absolute Gasteiger partial charge is 0.497 e. The number of methoxy groups -OCH3 is 1. The fourth-order valence-electron chi connectivity index (χ4n) is 2.71. The predicted molar refractivity (Wildman–Crippen MR) is 113 cm³/mol. The summed E-state index contributed by atoms with van der Waals surface area (Å²) >= 11 is 1.21. The number of H-pyrrole nitrogens is 1. The van der Waals surface area contributed by atoms with Crippen molar-refractivity contribution >= 4 is 22.7 Å². The number of para-hydroxylation sites is 1. The van der Waals surface area contributed by atoms with Crippen molar-refractivity contribution in [2.24, 2.45) is 4.99 Å². The Balaban J connectivity index is 1.67. The van der Waals surface area contributed by atoms with Crippen LogP contribution in [0.4, 0.5) is 5.13 Å². The summed E-state index contributed by atoms with van der Waals surface area (Å²) < 4.78 is 6.13. The molecule has 30 heavy (non-hydrogen) atoms. The summed E-state index contributed by atoms with van der Waals surface area (Å²) in [7, 11) is 1.59. The molecule has 2 N–H and O–H groups in total. The average Bonchev–Trinajstić information content (AvgIpc) is 3.23. The van der Waals surface area contributed by atoms with E-state index in [0.29, 0.717) is 10.7 Å². The van der Waals surface area contributed by atoms with Crippen LogP contribution in [0.1, 0.15) is 5.56 Å². The van der Waals surface area contributed by atoms with Crippen molar-refractivity contribution in [2.45, 2.75) is 0 Å². The lowest BCUT2D eigenvalue weighted by molar-refractivity contribution is 0.415. The van der Waals surface area contributed by atoms with Crippen molar-refractivity contribution in [3.8, 4) is 27.9 Å². The lowest BCUT2D eigenvalue weighted by atomic mass is 10.2. The number of hydrogen-bond donors (Lipinski definition) is 2. The van der Waals surface area contributed by atoms with Crippen LogP contribution in [0.15, 0.2) is 69.2 Å². The molecule has 0 bridgehead atoms. The molecule has 0 saturated carbocycles. The second kappa shape index (κ2) is 8.13. The Hall–Kier alpha value is -4.05. The third-order valence-electron chi connectivity index (χ3n) is 4.19. The van der Waals surface area contributed by atoms with E-state index in [1.165, 1.54) is 11.3 Å². The molecule has 2 aromatic carbocycles. The van der Waals surface area contributed by atoms with Gasteiger partial charge in [0, 0.05) is 11.8 Å². The van der Waals surface area contributed by atoms with Crippen LogP contribution < -0.4 is 16.0 Å². The molecule has 150 valence electrons. The van der Waals surface area contributed by atoms with Crippen molar-refractivity contribution in [1.29, 1.82) is 0 Å². The Morgan fingerprint density at radius 3 is 2.53 bits per heavy atom. The number of aromatic hydroxyl groups is 1. The number of aliphatic imine (C=N–C) groups is 1. The fourth-order valence-corrected chi connectivity index (χ4v) is 3.40. The van der Waals surface area contributed by atoms with E-state index in [2.05, 4.69) is 20.2 Å². The summed E-state index contributed by atoms with van der Waals surface area (Å²) in [4.78, 5) is 30.7. The summed E-state index contributed by atoms with van der Waals surface area (Å²) in [6.07, 6.45) is 1.16. The topological polar surface area (TPSA) is 122 Å². The normalized spacial score (nSPS) is 11.1. The lowest BCUT2D eigenvalue weighted by Gasteiger charge is -2.08. The molecule has 10 heteroatoms. The van der Waals surface area contributed by atoms with Gasteiger partial charge in [-0.15, -0.1) is 10.2 Å². The van der Waals surface area contributed by atoms with Gasteiger partial charge < -0.3 is 9.84 Å². The van der Waals surface area contributed by atoms with Crippen molar-refractivity contribution in [1.82, 2.24) is 19.7 Å². The van der Waals surface area contributed by atoms with E-state index < -0.39 is 17.1 Å². The van der Waals surface area contributed by atoms with Gasteiger partial charge in [0.25, 0.3) is 5.56 Å². The quantitative estimate of drug-likeness (QED) is 0.478. The van der Waals surface area contributed by atoms with Crippen LogP contribution in [0.25, 0.3) is 16.3 Å². The first-order valence-corrected chi connectivity index (χ1v) is 9.54. The zero-order chi connectivity index (χ0) is 21.1. The third-order valence-corrected chi connectivity index (χ3v) is 5.07. The van der Waals surface area contributed by atoms with E-state index in [-0.39, 0.29) is 10.7 Å². The zero-order valence-corrected chi connectivity index (χ0v) is 16.5. The first-order chi connectivity index (χ1) is 14.6. The first-order valence-electron chi connectivity index (χ1n) is 8.72. The predicted octanol–water partition coefficient (Wildman–Crippen LogP) is 2.51. The second-order valence-corrected chi connectivity index (χ2v) is 7.00. The van der Waals surface area contributed by atoms with Gasteiger partial charge in [-0.1, -0.05) is 29.5 Å². The molecule has 9 nitrogen and oxygen atoms in total. The van der Waals surface area contributed by atoms with Crippen molar-refractivity contribution in [2.75, 3.05) is 7.11 Å². The molecule has 0 aliphatic rings. The minimum atomic E-state index is -0.756. The fraction of sp³-hybridized carbons (Fsp3) is 0.0500. The molecule has 0 radical (unpaired) electrons. The van der Waals surface area contributed by atoms with Gasteiger partial charge in [0.2, 0.25) is 11.0 Å². The maximum atomic E-state index is 12.2. The van der Waals surface area contributed by atoms with Crippen LogP contribution in [-0.2, 0) is 0 Å². The number of benzene rings is 2. The van der Waals surface area contributed by atoms with Crippen LogP contribution in [0.2, 0.25) is 0 Å². The zero-order valence-electron chi connectivity index (χ0n) is 15.6. The highest BCUT2D eigenvalue weighted by Gasteiger charge is 2.14. The van der Waals surface area contributed by atoms with E-state index in [9.17, 15) is 14.7 Å². The van der Waals surface area contributed by atoms with Crippen LogP contribution >= 0.6 is 11.3 Å². The number of nitrogens with zero attached hydrogens (tertiary/aromatic N) is 4. The number of ether oxygens (including phenoxy) is 1. The lowest BCUT2D eigenvalue weighted by Crippen LogP contribution is -2.31. The minimum Gasteiger partial charge on any atom is -0.497 e. The molecule has 0 atom stereocenters. The average molecular weight is 421 g/mol. The Morgan fingerprint density at radius 1 is 1.10 bits per heavy atom. The van der Waals surface area contributed by atoms with Crippen LogP contribution in [0.5, 0.6) is 11.6 Å². The van der Waals surface area contributed by atoms with Crippen LogP contribution in [-0.4, -0.2) is 38.2 Å². The second-order valence-electron chi connectivity index (χ2n) is 6.04. The highest BCUT2D eigenvalue weighted by Crippen LogP contribution is 2.29.